The SMILES string of the molecule is C=C1CC(OP)[C@@H]2O[C@@H]2C[C@@H]([C@@H](C)/C=C/[C@@H]2CC(C)=CCO2)OC(=O)/C=C\C[C@@H]2C=CC[C@@H](C[C@@H](C)C1)O2. The second kappa shape index (κ2) is 14.2. The fourth-order valence-electron chi connectivity index (χ4n) is 5.73. The van der Waals surface area contributed by atoms with Crippen molar-refractivity contribution in [2.24, 2.45) is 11.8 Å². The highest BCUT2D eigenvalue weighted by atomic mass is 31.0. The second-order valence-electron chi connectivity index (χ2n) is 11.5. The van der Waals surface area contributed by atoms with Gasteiger partial charge in [-0.2, -0.15) is 0 Å². The van der Waals surface area contributed by atoms with E-state index in [0.717, 1.165) is 32.1 Å². The van der Waals surface area contributed by atoms with Crippen molar-refractivity contribution in [1.82, 2.24) is 0 Å². The highest BCUT2D eigenvalue weighted by Crippen LogP contribution is 2.37. The summed E-state index contributed by atoms with van der Waals surface area (Å²) < 4.78 is 30.0. The molecule has 2 bridgehead atoms. The maximum atomic E-state index is 12.8. The van der Waals surface area contributed by atoms with E-state index in [9.17, 15) is 4.79 Å². The summed E-state index contributed by atoms with van der Waals surface area (Å²) in [7, 11) is 2.40. The molecule has 210 valence electrons. The van der Waals surface area contributed by atoms with Crippen LogP contribution in [0.1, 0.15) is 65.7 Å². The fourth-order valence-corrected chi connectivity index (χ4v) is 5.98. The molecular weight excluding hydrogens is 499 g/mol. The monoisotopic (exact) mass is 544 g/mol. The largest absolute Gasteiger partial charge is 0.459 e. The lowest BCUT2D eigenvalue weighted by atomic mass is 9.90. The molecule has 1 fully saturated rings. The van der Waals surface area contributed by atoms with Crippen LogP contribution in [-0.2, 0) is 28.3 Å². The first kappa shape index (κ1) is 29.4. The van der Waals surface area contributed by atoms with Crippen molar-refractivity contribution in [3.63, 3.8) is 0 Å². The van der Waals surface area contributed by atoms with E-state index in [1.807, 2.05) is 6.08 Å². The Morgan fingerprint density at radius 2 is 2.00 bits per heavy atom. The molecule has 0 saturated carbocycles. The van der Waals surface area contributed by atoms with Crippen molar-refractivity contribution in [2.75, 3.05) is 6.61 Å². The predicted octanol–water partition coefficient (Wildman–Crippen LogP) is 6.19. The van der Waals surface area contributed by atoms with E-state index in [1.165, 1.54) is 17.2 Å². The summed E-state index contributed by atoms with van der Waals surface area (Å²) in [6.07, 6.45) is 19.5. The van der Waals surface area contributed by atoms with Gasteiger partial charge in [0.15, 0.2) is 0 Å². The Morgan fingerprint density at radius 1 is 1.16 bits per heavy atom. The summed E-state index contributed by atoms with van der Waals surface area (Å²) in [4.78, 5) is 12.8. The van der Waals surface area contributed by atoms with Crippen LogP contribution in [0.5, 0.6) is 0 Å². The lowest BCUT2D eigenvalue weighted by Crippen LogP contribution is -2.28. The lowest BCUT2D eigenvalue weighted by Gasteiger charge is -2.28. The first-order chi connectivity index (χ1) is 18.3. The van der Waals surface area contributed by atoms with Gasteiger partial charge < -0.3 is 23.5 Å². The number of hydrogen-bond acceptors (Lipinski definition) is 6. The Balaban J connectivity index is 1.46. The molecule has 6 nitrogen and oxygen atoms in total. The molecule has 4 aliphatic rings. The van der Waals surface area contributed by atoms with Gasteiger partial charge in [-0.15, -0.1) is 0 Å². The molecule has 0 aromatic heterocycles. The van der Waals surface area contributed by atoms with Crippen molar-refractivity contribution < 1.29 is 28.3 Å². The average Bonchev–Trinajstić information content (AvgIpc) is 3.64. The maximum absolute atomic E-state index is 12.8. The lowest BCUT2D eigenvalue weighted by molar-refractivity contribution is -0.145. The number of rotatable bonds is 4. The molecule has 38 heavy (non-hydrogen) atoms. The molecule has 0 spiro atoms. The number of carbonyl (C=O) groups is 1. The summed E-state index contributed by atoms with van der Waals surface area (Å²) in [5.41, 5.74) is 2.50. The molecule has 2 unspecified atom stereocenters. The van der Waals surface area contributed by atoms with E-state index in [4.69, 9.17) is 23.5 Å². The van der Waals surface area contributed by atoms with Gasteiger partial charge in [0, 0.05) is 27.9 Å². The Bertz CT molecular complexity index is 939. The first-order valence-corrected chi connectivity index (χ1v) is 14.6. The molecule has 0 aromatic carbocycles. The van der Waals surface area contributed by atoms with Gasteiger partial charge in [0.25, 0.3) is 0 Å². The Labute approximate surface area is 230 Å². The topological polar surface area (TPSA) is 66.5 Å². The number of carbonyl (C=O) groups excluding carboxylic acids is 1. The van der Waals surface area contributed by atoms with E-state index in [1.54, 1.807) is 0 Å². The summed E-state index contributed by atoms with van der Waals surface area (Å²) in [6.45, 7) is 11.5. The zero-order chi connectivity index (χ0) is 27.1. The van der Waals surface area contributed by atoms with Crippen molar-refractivity contribution in [3.8, 4) is 0 Å². The van der Waals surface area contributed by atoms with Gasteiger partial charge in [-0.25, -0.2) is 4.79 Å². The number of esters is 1. The average molecular weight is 545 g/mol. The third kappa shape index (κ3) is 8.99. The molecule has 4 heterocycles. The van der Waals surface area contributed by atoms with E-state index >= 15 is 0 Å². The van der Waals surface area contributed by atoms with Crippen molar-refractivity contribution in [1.29, 1.82) is 0 Å². The Kier molecular flexibility index (Phi) is 11.0. The molecule has 4 rings (SSSR count). The molecule has 1 saturated heterocycles. The Hall–Kier alpha value is -1.56. The molecule has 0 N–H and O–H groups in total. The fraction of sp³-hybridized carbons (Fsp3) is 0.645. The molecule has 0 aliphatic carbocycles. The van der Waals surface area contributed by atoms with Gasteiger partial charge in [-0.1, -0.05) is 68.0 Å². The van der Waals surface area contributed by atoms with Crippen LogP contribution in [0.4, 0.5) is 0 Å². The van der Waals surface area contributed by atoms with Gasteiger partial charge in [0.2, 0.25) is 0 Å². The maximum Gasteiger partial charge on any atom is 0.330 e. The van der Waals surface area contributed by atoms with E-state index < -0.39 is 0 Å². The highest BCUT2D eigenvalue weighted by Gasteiger charge is 2.47. The zero-order valence-corrected chi connectivity index (χ0v) is 24.3. The molecule has 7 heteroatoms. The minimum absolute atomic E-state index is 0.00848. The zero-order valence-electron chi connectivity index (χ0n) is 23.1. The standard InChI is InChI=1S/C31H45O6P/c1-20-13-14-33-25(16-20)12-11-23(4)27-19-28-31(36-28)29(37-38)18-22(3)15-21(2)17-26-9-5-7-24(34-26)8-6-10-30(32)35-27/h5-7,10-13,21,23-29,31H,3,8-9,14-19,38H2,1-2,4H3/b10-6-,12-11+/t21-,23-,24-,25+,26-,27-,28+,29?,31+/m0/s1. The third-order valence-corrected chi connectivity index (χ3v) is 8.26. The van der Waals surface area contributed by atoms with Crippen LogP contribution in [0.15, 0.2) is 60.3 Å². The van der Waals surface area contributed by atoms with E-state index in [2.05, 4.69) is 67.2 Å². The molecule has 0 aromatic rings. The van der Waals surface area contributed by atoms with Crippen LogP contribution in [0.25, 0.3) is 0 Å². The summed E-state index contributed by atoms with van der Waals surface area (Å²) in [6, 6.07) is 0. The number of ether oxygens (including phenoxy) is 4. The predicted molar refractivity (Wildman–Crippen MR) is 152 cm³/mol. The number of fused-ring (bicyclic) bond motifs is 3. The van der Waals surface area contributed by atoms with Gasteiger partial charge >= 0.3 is 5.97 Å². The van der Waals surface area contributed by atoms with Crippen LogP contribution in [0.3, 0.4) is 0 Å². The number of hydrogen-bond donors (Lipinski definition) is 0. The molecule has 10 atom stereocenters. The summed E-state index contributed by atoms with van der Waals surface area (Å²) in [5.74, 6) is 0.141. The van der Waals surface area contributed by atoms with E-state index in [-0.39, 0.29) is 54.6 Å². The van der Waals surface area contributed by atoms with Crippen LogP contribution in [0, 0.1) is 11.8 Å². The van der Waals surface area contributed by atoms with Gasteiger partial charge in [0.05, 0.1) is 37.1 Å². The minimum Gasteiger partial charge on any atom is -0.459 e. The summed E-state index contributed by atoms with van der Waals surface area (Å²) in [5, 5.41) is 0. The third-order valence-electron chi connectivity index (χ3n) is 7.91. The van der Waals surface area contributed by atoms with E-state index in [0.29, 0.717) is 25.4 Å². The van der Waals surface area contributed by atoms with Gasteiger partial charge in [-0.05, 0) is 51.4 Å². The molecule has 4 aliphatic heterocycles. The minimum atomic E-state index is -0.335. The van der Waals surface area contributed by atoms with Crippen LogP contribution < -0.4 is 0 Å². The molecular formula is C31H45O6P. The molecule has 0 amide bonds. The number of epoxide rings is 1. The normalized spacial score (nSPS) is 38.9. The van der Waals surface area contributed by atoms with Crippen molar-refractivity contribution in [3.05, 3.63) is 60.3 Å². The number of cyclic esters (lactones) is 1. The quantitative estimate of drug-likeness (QED) is 0.182. The van der Waals surface area contributed by atoms with Crippen LogP contribution in [0.2, 0.25) is 0 Å². The Morgan fingerprint density at radius 3 is 2.79 bits per heavy atom. The molecule has 0 radical (unpaired) electrons. The highest BCUT2D eigenvalue weighted by molar-refractivity contribution is 7.09. The van der Waals surface area contributed by atoms with Gasteiger partial charge in [0.1, 0.15) is 12.2 Å². The van der Waals surface area contributed by atoms with Crippen molar-refractivity contribution >= 4 is 15.4 Å². The first-order valence-electron chi connectivity index (χ1n) is 14.1. The second-order valence-corrected chi connectivity index (χ2v) is 11.8. The van der Waals surface area contributed by atoms with Crippen LogP contribution in [-0.4, -0.2) is 55.3 Å². The van der Waals surface area contributed by atoms with Crippen LogP contribution >= 0.6 is 9.47 Å². The summed E-state index contributed by atoms with van der Waals surface area (Å²) >= 11 is 0. The van der Waals surface area contributed by atoms with Crippen molar-refractivity contribution in [2.45, 2.75) is 108 Å². The van der Waals surface area contributed by atoms with Gasteiger partial charge in [-0.3, -0.25) is 0 Å². The smallest absolute Gasteiger partial charge is 0.330 e.